The van der Waals surface area contributed by atoms with Gasteiger partial charge in [0.05, 0.1) is 18.0 Å². The first-order chi connectivity index (χ1) is 12.8. The Morgan fingerprint density at radius 2 is 1.93 bits per heavy atom. The minimum absolute atomic E-state index is 0.0483. The summed E-state index contributed by atoms with van der Waals surface area (Å²) in [5.41, 5.74) is 0.343. The molecule has 1 N–H and O–H groups in total. The molecule has 0 aliphatic carbocycles. The molecule has 0 saturated heterocycles. The monoisotopic (exact) mass is 413 g/mol. The van der Waals surface area contributed by atoms with Gasteiger partial charge in [-0.3, -0.25) is 4.79 Å². The number of rotatable bonds is 9. The number of hydrogen-bond donors (Lipinski definition) is 1. The summed E-state index contributed by atoms with van der Waals surface area (Å²) in [6.45, 7) is 0.255. The number of sulfonamides is 1. The molecule has 0 unspecified atom stereocenters. The maximum Gasteiger partial charge on any atom is 0.243 e. The second-order valence-corrected chi connectivity index (χ2v) is 7.94. The molecule has 1 heterocycles. The summed E-state index contributed by atoms with van der Waals surface area (Å²) in [4.78, 5) is 16.4. The van der Waals surface area contributed by atoms with E-state index in [1.807, 2.05) is 0 Å². The molecule has 1 aromatic heterocycles. The Morgan fingerprint density at radius 3 is 2.59 bits per heavy atom. The van der Waals surface area contributed by atoms with Crippen molar-refractivity contribution in [2.45, 2.75) is 4.90 Å². The lowest BCUT2D eigenvalue weighted by molar-refractivity contribution is -0.116. The van der Waals surface area contributed by atoms with Gasteiger partial charge in [-0.25, -0.2) is 13.4 Å². The Labute approximate surface area is 163 Å². The molecule has 0 aliphatic heterocycles. The summed E-state index contributed by atoms with van der Waals surface area (Å²) in [5, 5.41) is 3.03. The van der Waals surface area contributed by atoms with Crippen molar-refractivity contribution in [3.63, 3.8) is 0 Å². The van der Waals surface area contributed by atoms with Crippen LogP contribution < -0.4 is 10.1 Å². The SMILES string of the molecule is COCCOc1ncccc1NC(=O)CN(C)S(=O)(=O)c1ccc(Cl)cc1. The number of anilines is 1. The molecule has 10 heteroatoms. The Balaban J connectivity index is 2.04. The fourth-order valence-corrected chi connectivity index (χ4v) is 3.34. The molecule has 0 radical (unpaired) electrons. The summed E-state index contributed by atoms with van der Waals surface area (Å²) in [6.07, 6.45) is 1.52. The zero-order valence-corrected chi connectivity index (χ0v) is 16.5. The third-order valence-electron chi connectivity index (χ3n) is 3.46. The van der Waals surface area contributed by atoms with E-state index in [0.29, 0.717) is 17.3 Å². The van der Waals surface area contributed by atoms with Gasteiger partial charge >= 0.3 is 0 Å². The Hall–Kier alpha value is -2.20. The van der Waals surface area contributed by atoms with Crippen molar-refractivity contribution < 1.29 is 22.7 Å². The van der Waals surface area contributed by atoms with Crippen LogP contribution in [0, 0.1) is 0 Å². The first-order valence-electron chi connectivity index (χ1n) is 7.93. The highest BCUT2D eigenvalue weighted by Crippen LogP contribution is 2.21. The van der Waals surface area contributed by atoms with Gasteiger partial charge in [0, 0.05) is 25.4 Å². The van der Waals surface area contributed by atoms with E-state index in [4.69, 9.17) is 21.1 Å². The number of aromatic nitrogens is 1. The van der Waals surface area contributed by atoms with E-state index >= 15 is 0 Å². The maximum atomic E-state index is 12.5. The number of likely N-dealkylation sites (N-methyl/N-ethyl adjacent to an activating group) is 1. The van der Waals surface area contributed by atoms with Crippen LogP contribution in [-0.4, -0.2) is 57.5 Å². The van der Waals surface area contributed by atoms with Crippen molar-refractivity contribution in [2.75, 3.05) is 39.2 Å². The van der Waals surface area contributed by atoms with Gasteiger partial charge < -0.3 is 14.8 Å². The van der Waals surface area contributed by atoms with Gasteiger partial charge in [-0.05, 0) is 36.4 Å². The first-order valence-corrected chi connectivity index (χ1v) is 9.75. The molecule has 0 atom stereocenters. The second-order valence-electron chi connectivity index (χ2n) is 5.46. The summed E-state index contributed by atoms with van der Waals surface area (Å²) in [7, 11) is -0.955. The maximum absolute atomic E-state index is 12.5. The molecule has 27 heavy (non-hydrogen) atoms. The van der Waals surface area contributed by atoms with Crippen molar-refractivity contribution in [2.24, 2.45) is 0 Å². The van der Waals surface area contributed by atoms with Crippen molar-refractivity contribution >= 4 is 33.2 Å². The zero-order valence-electron chi connectivity index (χ0n) is 14.9. The summed E-state index contributed by atoms with van der Waals surface area (Å²) in [5.74, 6) is -0.300. The fourth-order valence-electron chi connectivity index (χ4n) is 2.09. The van der Waals surface area contributed by atoms with Crippen molar-refractivity contribution in [1.29, 1.82) is 0 Å². The fraction of sp³-hybridized carbons (Fsp3) is 0.294. The molecular formula is C17H20ClN3O5S. The number of pyridine rings is 1. The molecule has 0 fully saturated rings. The Morgan fingerprint density at radius 1 is 1.22 bits per heavy atom. The number of nitrogens with zero attached hydrogens (tertiary/aromatic N) is 2. The lowest BCUT2D eigenvalue weighted by Crippen LogP contribution is -2.35. The summed E-state index contributed by atoms with van der Waals surface area (Å²) in [6, 6.07) is 8.96. The number of ether oxygens (including phenoxy) is 2. The average Bonchev–Trinajstić information content (AvgIpc) is 2.63. The molecule has 0 saturated carbocycles. The number of methoxy groups -OCH3 is 1. The summed E-state index contributed by atoms with van der Waals surface area (Å²) >= 11 is 5.78. The molecule has 8 nitrogen and oxygen atoms in total. The molecule has 1 aromatic carbocycles. The number of carbonyl (C=O) groups is 1. The van der Waals surface area contributed by atoms with E-state index in [2.05, 4.69) is 10.3 Å². The van der Waals surface area contributed by atoms with Crippen LogP contribution in [0.5, 0.6) is 5.88 Å². The molecule has 0 aliphatic rings. The standard InChI is InChI=1S/C17H20ClN3O5S/c1-21(27(23,24)14-7-5-13(18)6-8-14)12-16(22)20-15-4-3-9-19-17(15)26-11-10-25-2/h3-9H,10-12H2,1-2H3,(H,20,22). The van der Waals surface area contributed by atoms with E-state index in [0.717, 1.165) is 4.31 Å². The van der Waals surface area contributed by atoms with Crippen LogP contribution in [0.4, 0.5) is 5.69 Å². The lowest BCUT2D eigenvalue weighted by atomic mass is 10.4. The highest BCUT2D eigenvalue weighted by molar-refractivity contribution is 7.89. The molecule has 146 valence electrons. The van der Waals surface area contributed by atoms with E-state index in [9.17, 15) is 13.2 Å². The highest BCUT2D eigenvalue weighted by Gasteiger charge is 2.23. The third-order valence-corrected chi connectivity index (χ3v) is 5.53. The zero-order chi connectivity index (χ0) is 19.9. The summed E-state index contributed by atoms with van der Waals surface area (Å²) < 4.78 is 36.3. The van der Waals surface area contributed by atoms with Gasteiger partial charge in [-0.15, -0.1) is 0 Å². The van der Waals surface area contributed by atoms with Crippen LogP contribution in [0.3, 0.4) is 0 Å². The van der Waals surface area contributed by atoms with Crippen LogP contribution >= 0.6 is 11.6 Å². The minimum Gasteiger partial charge on any atom is -0.474 e. The van der Waals surface area contributed by atoms with Crippen molar-refractivity contribution in [3.05, 3.63) is 47.6 Å². The normalized spacial score (nSPS) is 11.4. The number of carbonyl (C=O) groups excluding carboxylic acids is 1. The Kier molecular flexibility index (Phi) is 7.55. The van der Waals surface area contributed by atoms with Crippen LogP contribution in [-0.2, 0) is 19.6 Å². The predicted octanol–water partition coefficient (Wildman–Crippen LogP) is 2.02. The van der Waals surface area contributed by atoms with Crippen LogP contribution in [0.2, 0.25) is 5.02 Å². The molecule has 2 aromatic rings. The van der Waals surface area contributed by atoms with Gasteiger partial charge in [-0.2, -0.15) is 4.31 Å². The number of amides is 1. The molecule has 2 rings (SSSR count). The van der Waals surface area contributed by atoms with Crippen LogP contribution in [0.15, 0.2) is 47.5 Å². The molecular weight excluding hydrogens is 394 g/mol. The molecule has 1 amide bonds. The van der Waals surface area contributed by atoms with Crippen molar-refractivity contribution in [1.82, 2.24) is 9.29 Å². The van der Waals surface area contributed by atoms with E-state index in [-0.39, 0.29) is 23.9 Å². The number of benzene rings is 1. The van der Waals surface area contributed by atoms with Gasteiger partial charge in [0.15, 0.2) is 0 Å². The van der Waals surface area contributed by atoms with E-state index in [1.54, 1.807) is 19.2 Å². The minimum atomic E-state index is -3.82. The second kappa shape index (κ2) is 9.65. The predicted molar refractivity (Wildman–Crippen MR) is 102 cm³/mol. The molecule has 0 bridgehead atoms. The van der Waals surface area contributed by atoms with Gasteiger partial charge in [0.2, 0.25) is 21.8 Å². The number of hydrogen-bond acceptors (Lipinski definition) is 6. The number of halogens is 1. The smallest absolute Gasteiger partial charge is 0.243 e. The van der Waals surface area contributed by atoms with Crippen molar-refractivity contribution in [3.8, 4) is 5.88 Å². The first kappa shape index (κ1) is 21.1. The lowest BCUT2D eigenvalue weighted by Gasteiger charge is -2.17. The molecule has 0 spiro atoms. The van der Waals surface area contributed by atoms with E-state index < -0.39 is 15.9 Å². The quantitative estimate of drug-likeness (QED) is 0.631. The largest absolute Gasteiger partial charge is 0.474 e. The number of nitrogens with one attached hydrogen (secondary N) is 1. The van der Waals surface area contributed by atoms with E-state index in [1.165, 1.54) is 37.5 Å². The van der Waals surface area contributed by atoms with Gasteiger partial charge in [0.25, 0.3) is 0 Å². The van der Waals surface area contributed by atoms with Crippen LogP contribution in [0.1, 0.15) is 0 Å². The van der Waals surface area contributed by atoms with Gasteiger partial charge in [0.1, 0.15) is 12.3 Å². The van der Waals surface area contributed by atoms with Crippen LogP contribution in [0.25, 0.3) is 0 Å². The Bertz CT molecular complexity index is 874. The topological polar surface area (TPSA) is 97.8 Å². The van der Waals surface area contributed by atoms with Gasteiger partial charge in [-0.1, -0.05) is 11.6 Å². The third kappa shape index (κ3) is 5.90. The highest BCUT2D eigenvalue weighted by atomic mass is 35.5. The average molecular weight is 414 g/mol.